The largest absolute Gasteiger partial charge is 0.348 e. The molecular formula is C20H21ClN2O3S. The normalized spacial score (nSPS) is 15.3. The maximum absolute atomic E-state index is 12.5. The molecule has 0 aromatic heterocycles. The molecule has 27 heavy (non-hydrogen) atoms. The monoisotopic (exact) mass is 404 g/mol. The summed E-state index contributed by atoms with van der Waals surface area (Å²) < 4.78 is 26.5. The van der Waals surface area contributed by atoms with Gasteiger partial charge in [0.25, 0.3) is 0 Å². The van der Waals surface area contributed by atoms with Crippen LogP contribution in [0.2, 0.25) is 5.02 Å². The molecule has 2 aromatic rings. The van der Waals surface area contributed by atoms with E-state index >= 15 is 0 Å². The van der Waals surface area contributed by atoms with E-state index in [4.69, 9.17) is 11.6 Å². The first-order valence-corrected chi connectivity index (χ1v) is 10.6. The summed E-state index contributed by atoms with van der Waals surface area (Å²) in [5.41, 5.74) is 1.72. The number of amides is 1. The fourth-order valence-electron chi connectivity index (χ4n) is 2.85. The van der Waals surface area contributed by atoms with E-state index in [0.717, 1.165) is 24.0 Å². The highest BCUT2D eigenvalue weighted by molar-refractivity contribution is 7.89. The molecule has 0 spiro atoms. The second-order valence-electron chi connectivity index (χ2n) is 6.36. The maximum atomic E-state index is 12.5. The number of hydrogen-bond acceptors (Lipinski definition) is 3. The number of carbonyl (C=O) groups excluding carboxylic acids is 1. The third-order valence-corrected chi connectivity index (χ3v) is 6.55. The van der Waals surface area contributed by atoms with Crippen molar-refractivity contribution in [3.05, 3.63) is 70.8 Å². The predicted octanol–water partition coefficient (Wildman–Crippen LogP) is 3.45. The van der Waals surface area contributed by atoms with Crippen LogP contribution in [0.1, 0.15) is 24.0 Å². The zero-order valence-corrected chi connectivity index (χ0v) is 16.3. The molecule has 1 heterocycles. The number of carbonyl (C=O) groups is 1. The van der Waals surface area contributed by atoms with Crippen LogP contribution < -0.4 is 5.32 Å². The smallest absolute Gasteiger partial charge is 0.244 e. The summed E-state index contributed by atoms with van der Waals surface area (Å²) in [6.45, 7) is 1.49. The van der Waals surface area contributed by atoms with Crippen LogP contribution in [-0.4, -0.2) is 31.7 Å². The Morgan fingerprint density at radius 3 is 2.30 bits per heavy atom. The summed E-state index contributed by atoms with van der Waals surface area (Å²) in [6, 6.07) is 13.8. The molecular weight excluding hydrogens is 384 g/mol. The highest BCUT2D eigenvalue weighted by atomic mass is 35.5. The molecule has 1 aliphatic rings. The van der Waals surface area contributed by atoms with Crippen molar-refractivity contribution in [2.24, 2.45) is 0 Å². The fourth-order valence-corrected chi connectivity index (χ4v) is 4.49. The van der Waals surface area contributed by atoms with Crippen LogP contribution in [-0.2, 0) is 21.4 Å². The highest BCUT2D eigenvalue weighted by Gasteiger charge is 2.26. The summed E-state index contributed by atoms with van der Waals surface area (Å²) in [4.78, 5) is 12.2. The molecule has 0 saturated carbocycles. The van der Waals surface area contributed by atoms with E-state index in [1.54, 1.807) is 42.5 Å². The molecule has 1 N–H and O–H groups in total. The molecule has 5 nitrogen and oxygen atoms in total. The number of hydrogen-bond donors (Lipinski definition) is 1. The Hall–Kier alpha value is -2.15. The average molecular weight is 405 g/mol. The zero-order chi connectivity index (χ0) is 19.3. The lowest BCUT2D eigenvalue weighted by Gasteiger charge is -2.15. The van der Waals surface area contributed by atoms with Gasteiger partial charge in [-0.2, -0.15) is 4.31 Å². The van der Waals surface area contributed by atoms with Gasteiger partial charge >= 0.3 is 0 Å². The Labute approximate surface area is 164 Å². The quantitative estimate of drug-likeness (QED) is 0.750. The standard InChI is InChI=1S/C20H21ClN2O3S/c21-18-8-3-16(4-9-18)7-12-20(24)22-15-17-5-10-19(11-6-17)27(25,26)23-13-1-2-14-23/h3-12H,1-2,13-15H2,(H,22,24). The van der Waals surface area contributed by atoms with Crippen LogP contribution >= 0.6 is 11.6 Å². The Morgan fingerprint density at radius 1 is 1.04 bits per heavy atom. The van der Waals surface area contributed by atoms with Crippen LogP contribution in [0.5, 0.6) is 0 Å². The minimum absolute atomic E-state index is 0.223. The van der Waals surface area contributed by atoms with E-state index in [9.17, 15) is 13.2 Å². The van der Waals surface area contributed by atoms with Gasteiger partial charge in [0, 0.05) is 30.7 Å². The Bertz CT molecular complexity index is 917. The minimum atomic E-state index is -3.40. The van der Waals surface area contributed by atoms with E-state index < -0.39 is 10.0 Å². The van der Waals surface area contributed by atoms with Crippen LogP contribution in [0.3, 0.4) is 0 Å². The molecule has 0 aliphatic carbocycles. The molecule has 1 saturated heterocycles. The fraction of sp³-hybridized carbons (Fsp3) is 0.250. The van der Waals surface area contributed by atoms with Gasteiger partial charge in [-0.3, -0.25) is 4.79 Å². The lowest BCUT2D eigenvalue weighted by molar-refractivity contribution is -0.116. The molecule has 1 aliphatic heterocycles. The van der Waals surface area contributed by atoms with E-state index in [1.165, 1.54) is 10.4 Å². The van der Waals surface area contributed by atoms with Gasteiger partial charge in [-0.05, 0) is 54.3 Å². The number of sulfonamides is 1. The molecule has 7 heteroatoms. The van der Waals surface area contributed by atoms with E-state index in [1.807, 2.05) is 12.1 Å². The molecule has 0 radical (unpaired) electrons. The van der Waals surface area contributed by atoms with Crippen LogP contribution in [0.4, 0.5) is 0 Å². The molecule has 0 atom stereocenters. The molecule has 0 bridgehead atoms. The Balaban J connectivity index is 1.55. The van der Waals surface area contributed by atoms with Crippen molar-refractivity contribution in [3.63, 3.8) is 0 Å². The number of halogens is 1. The number of nitrogens with one attached hydrogen (secondary N) is 1. The van der Waals surface area contributed by atoms with Crippen molar-refractivity contribution < 1.29 is 13.2 Å². The van der Waals surface area contributed by atoms with Gasteiger partial charge in [-0.15, -0.1) is 0 Å². The van der Waals surface area contributed by atoms with E-state index in [0.29, 0.717) is 29.6 Å². The summed E-state index contributed by atoms with van der Waals surface area (Å²) >= 11 is 5.82. The molecule has 3 rings (SSSR count). The van der Waals surface area contributed by atoms with Crippen molar-refractivity contribution in [1.82, 2.24) is 9.62 Å². The molecule has 2 aromatic carbocycles. The van der Waals surface area contributed by atoms with Crippen molar-refractivity contribution >= 4 is 33.6 Å². The molecule has 142 valence electrons. The minimum Gasteiger partial charge on any atom is -0.348 e. The Morgan fingerprint density at radius 2 is 1.67 bits per heavy atom. The van der Waals surface area contributed by atoms with Crippen molar-refractivity contribution in [2.75, 3.05) is 13.1 Å². The van der Waals surface area contributed by atoms with Crippen LogP contribution in [0.25, 0.3) is 6.08 Å². The number of rotatable bonds is 6. The van der Waals surface area contributed by atoms with Gasteiger partial charge in [0.05, 0.1) is 4.90 Å². The number of nitrogens with zero attached hydrogens (tertiary/aromatic N) is 1. The first kappa shape index (κ1) is 19.6. The molecule has 0 unspecified atom stereocenters. The second kappa shape index (κ2) is 8.69. The SMILES string of the molecule is O=C(C=Cc1ccc(Cl)cc1)NCc1ccc(S(=O)(=O)N2CCCC2)cc1. The third-order valence-electron chi connectivity index (χ3n) is 4.39. The summed E-state index contributed by atoms with van der Waals surface area (Å²) in [5, 5.41) is 3.43. The topological polar surface area (TPSA) is 66.5 Å². The maximum Gasteiger partial charge on any atom is 0.244 e. The zero-order valence-electron chi connectivity index (χ0n) is 14.8. The molecule has 1 fully saturated rings. The van der Waals surface area contributed by atoms with Gasteiger partial charge < -0.3 is 5.32 Å². The average Bonchev–Trinajstić information content (AvgIpc) is 3.22. The lowest BCUT2D eigenvalue weighted by atomic mass is 10.2. The summed E-state index contributed by atoms with van der Waals surface area (Å²) in [6.07, 6.45) is 4.98. The van der Waals surface area contributed by atoms with Gasteiger partial charge in [0.15, 0.2) is 0 Å². The highest BCUT2D eigenvalue weighted by Crippen LogP contribution is 2.21. The summed E-state index contributed by atoms with van der Waals surface area (Å²) in [7, 11) is -3.40. The van der Waals surface area contributed by atoms with Crippen molar-refractivity contribution in [2.45, 2.75) is 24.3 Å². The third kappa shape index (κ3) is 5.19. The van der Waals surface area contributed by atoms with E-state index in [-0.39, 0.29) is 5.91 Å². The molecule has 1 amide bonds. The van der Waals surface area contributed by atoms with E-state index in [2.05, 4.69) is 5.32 Å². The second-order valence-corrected chi connectivity index (χ2v) is 8.73. The summed E-state index contributed by atoms with van der Waals surface area (Å²) in [5.74, 6) is -0.223. The predicted molar refractivity (Wildman–Crippen MR) is 107 cm³/mol. The first-order valence-electron chi connectivity index (χ1n) is 8.76. The van der Waals surface area contributed by atoms with Gasteiger partial charge in [0.2, 0.25) is 15.9 Å². The lowest BCUT2D eigenvalue weighted by Crippen LogP contribution is -2.27. The number of benzene rings is 2. The van der Waals surface area contributed by atoms with Crippen LogP contribution in [0.15, 0.2) is 59.5 Å². The first-order chi connectivity index (χ1) is 12.9. The Kier molecular flexibility index (Phi) is 6.31. The van der Waals surface area contributed by atoms with Crippen LogP contribution in [0, 0.1) is 0 Å². The van der Waals surface area contributed by atoms with Gasteiger partial charge in [-0.1, -0.05) is 35.9 Å². The van der Waals surface area contributed by atoms with Crippen molar-refractivity contribution in [3.8, 4) is 0 Å². The van der Waals surface area contributed by atoms with Gasteiger partial charge in [-0.25, -0.2) is 8.42 Å². The van der Waals surface area contributed by atoms with Crippen molar-refractivity contribution in [1.29, 1.82) is 0 Å². The van der Waals surface area contributed by atoms with Gasteiger partial charge in [0.1, 0.15) is 0 Å².